The summed E-state index contributed by atoms with van der Waals surface area (Å²) >= 11 is 0. The van der Waals surface area contributed by atoms with Gasteiger partial charge < -0.3 is 5.32 Å². The Bertz CT molecular complexity index is 342. The van der Waals surface area contributed by atoms with Crippen LogP contribution in [0.1, 0.15) is 49.5 Å². The van der Waals surface area contributed by atoms with E-state index in [2.05, 4.69) is 19.2 Å². The van der Waals surface area contributed by atoms with E-state index in [1.165, 1.54) is 5.56 Å². The molecule has 1 rings (SSSR count). The predicted octanol–water partition coefficient (Wildman–Crippen LogP) is 3.21. The van der Waals surface area contributed by atoms with Crippen LogP contribution < -0.4 is 5.32 Å². The first-order chi connectivity index (χ1) is 8.19. The Balaban J connectivity index is 2.55. The molecule has 0 radical (unpaired) electrons. The molecule has 1 unspecified atom stereocenters. The van der Waals surface area contributed by atoms with E-state index in [-0.39, 0.29) is 11.8 Å². The third kappa shape index (κ3) is 4.31. The number of carbonyl (C=O) groups excluding carboxylic acids is 1. The van der Waals surface area contributed by atoms with Gasteiger partial charge in [-0.2, -0.15) is 0 Å². The fourth-order valence-electron chi connectivity index (χ4n) is 1.74. The minimum Gasteiger partial charge on any atom is -0.307 e. The Morgan fingerprint density at radius 1 is 1.24 bits per heavy atom. The summed E-state index contributed by atoms with van der Waals surface area (Å²) in [7, 11) is 0. The van der Waals surface area contributed by atoms with E-state index >= 15 is 0 Å². The summed E-state index contributed by atoms with van der Waals surface area (Å²) in [4.78, 5) is 12.1. The zero-order valence-electron chi connectivity index (χ0n) is 11.1. The van der Waals surface area contributed by atoms with Crippen molar-refractivity contribution in [3.63, 3.8) is 0 Å². The van der Waals surface area contributed by atoms with Crippen LogP contribution in [0.3, 0.4) is 0 Å². The van der Waals surface area contributed by atoms with Crippen LogP contribution >= 0.6 is 0 Å². The first-order valence-electron chi connectivity index (χ1n) is 6.55. The fraction of sp³-hybridized carbons (Fsp3) is 0.533. The first-order valence-corrected chi connectivity index (χ1v) is 6.55. The summed E-state index contributed by atoms with van der Waals surface area (Å²) in [5, 5.41) is 3.26. The SMILES string of the molecule is CCCCNC(C)C(=O)c1ccc(CC)cc1. The van der Waals surface area contributed by atoms with Crippen LogP contribution in [-0.4, -0.2) is 18.4 Å². The molecule has 1 aromatic carbocycles. The van der Waals surface area contributed by atoms with Gasteiger partial charge in [-0.15, -0.1) is 0 Å². The molecule has 94 valence electrons. The van der Waals surface area contributed by atoms with Gasteiger partial charge in [-0.25, -0.2) is 0 Å². The number of hydrogen-bond donors (Lipinski definition) is 1. The van der Waals surface area contributed by atoms with Gasteiger partial charge in [0.25, 0.3) is 0 Å². The Labute approximate surface area is 104 Å². The molecule has 0 aliphatic carbocycles. The maximum Gasteiger partial charge on any atom is 0.179 e. The lowest BCUT2D eigenvalue weighted by Gasteiger charge is -2.12. The highest BCUT2D eigenvalue weighted by molar-refractivity contribution is 5.99. The van der Waals surface area contributed by atoms with Crippen LogP contribution in [0.4, 0.5) is 0 Å². The van der Waals surface area contributed by atoms with Crippen LogP contribution in [0.2, 0.25) is 0 Å². The maximum atomic E-state index is 12.1. The van der Waals surface area contributed by atoms with Crippen LogP contribution in [-0.2, 0) is 6.42 Å². The monoisotopic (exact) mass is 233 g/mol. The number of hydrogen-bond acceptors (Lipinski definition) is 2. The minimum absolute atomic E-state index is 0.0889. The van der Waals surface area contributed by atoms with Gasteiger partial charge in [0.1, 0.15) is 0 Å². The zero-order chi connectivity index (χ0) is 12.7. The molecule has 0 saturated heterocycles. The van der Waals surface area contributed by atoms with Gasteiger partial charge >= 0.3 is 0 Å². The van der Waals surface area contributed by atoms with E-state index in [0.29, 0.717) is 0 Å². The smallest absolute Gasteiger partial charge is 0.179 e. The summed E-state index contributed by atoms with van der Waals surface area (Å²) < 4.78 is 0. The zero-order valence-corrected chi connectivity index (χ0v) is 11.1. The molecule has 2 heteroatoms. The highest BCUT2D eigenvalue weighted by Crippen LogP contribution is 2.07. The average Bonchev–Trinajstić information content (AvgIpc) is 2.38. The molecule has 0 aromatic heterocycles. The number of nitrogens with one attached hydrogen (secondary N) is 1. The molecule has 1 atom stereocenters. The van der Waals surface area contributed by atoms with Gasteiger partial charge in [0.05, 0.1) is 6.04 Å². The van der Waals surface area contributed by atoms with E-state index in [1.807, 2.05) is 31.2 Å². The topological polar surface area (TPSA) is 29.1 Å². The molecule has 0 heterocycles. The van der Waals surface area contributed by atoms with Gasteiger partial charge in [0.2, 0.25) is 0 Å². The van der Waals surface area contributed by atoms with Crippen LogP contribution in [0.15, 0.2) is 24.3 Å². The Morgan fingerprint density at radius 3 is 2.41 bits per heavy atom. The molecule has 0 bridgehead atoms. The molecule has 17 heavy (non-hydrogen) atoms. The average molecular weight is 233 g/mol. The molecule has 1 N–H and O–H groups in total. The molecule has 0 aliphatic rings. The van der Waals surface area contributed by atoms with Gasteiger partial charge in [-0.1, -0.05) is 44.5 Å². The van der Waals surface area contributed by atoms with Gasteiger partial charge in [0, 0.05) is 5.56 Å². The van der Waals surface area contributed by atoms with Crippen molar-refractivity contribution in [1.29, 1.82) is 0 Å². The van der Waals surface area contributed by atoms with Crippen molar-refractivity contribution in [2.24, 2.45) is 0 Å². The fourth-order valence-corrected chi connectivity index (χ4v) is 1.74. The van der Waals surface area contributed by atoms with Crippen molar-refractivity contribution in [2.45, 2.75) is 46.1 Å². The van der Waals surface area contributed by atoms with Crippen molar-refractivity contribution in [3.05, 3.63) is 35.4 Å². The molecule has 0 fully saturated rings. The highest BCUT2D eigenvalue weighted by Gasteiger charge is 2.13. The summed E-state index contributed by atoms with van der Waals surface area (Å²) in [6.07, 6.45) is 3.28. The van der Waals surface area contributed by atoms with Crippen molar-refractivity contribution < 1.29 is 4.79 Å². The van der Waals surface area contributed by atoms with Gasteiger partial charge in [0.15, 0.2) is 5.78 Å². The molecular formula is C15H23NO. The van der Waals surface area contributed by atoms with E-state index in [9.17, 15) is 4.79 Å². The molecule has 1 aromatic rings. The first kappa shape index (κ1) is 13.9. The van der Waals surface area contributed by atoms with Crippen molar-refractivity contribution in [3.8, 4) is 0 Å². The number of aryl methyl sites for hydroxylation is 1. The van der Waals surface area contributed by atoms with Crippen LogP contribution in [0.25, 0.3) is 0 Å². The Kier molecular flexibility index (Phi) is 5.92. The third-order valence-electron chi connectivity index (χ3n) is 3.02. The van der Waals surface area contributed by atoms with Gasteiger partial charge in [-0.3, -0.25) is 4.79 Å². The van der Waals surface area contributed by atoms with E-state index in [1.54, 1.807) is 0 Å². The molecule has 0 aliphatic heterocycles. The number of carbonyl (C=O) groups is 1. The summed E-state index contributed by atoms with van der Waals surface area (Å²) in [5.41, 5.74) is 2.08. The summed E-state index contributed by atoms with van der Waals surface area (Å²) in [6.45, 7) is 7.12. The lowest BCUT2D eigenvalue weighted by Crippen LogP contribution is -2.34. The molecule has 0 amide bonds. The molecule has 2 nitrogen and oxygen atoms in total. The lowest BCUT2D eigenvalue weighted by atomic mass is 10.0. The molecular weight excluding hydrogens is 210 g/mol. The quantitative estimate of drug-likeness (QED) is 0.579. The Morgan fingerprint density at radius 2 is 1.88 bits per heavy atom. The number of rotatable bonds is 7. The van der Waals surface area contributed by atoms with Crippen molar-refractivity contribution in [1.82, 2.24) is 5.32 Å². The summed E-state index contributed by atoms with van der Waals surface area (Å²) in [6, 6.07) is 7.84. The van der Waals surface area contributed by atoms with E-state index in [4.69, 9.17) is 0 Å². The standard InChI is InChI=1S/C15H23NO/c1-4-6-11-16-12(3)15(17)14-9-7-13(5-2)8-10-14/h7-10,12,16H,4-6,11H2,1-3H3. The normalized spacial score (nSPS) is 12.4. The number of benzene rings is 1. The van der Waals surface area contributed by atoms with Crippen LogP contribution in [0, 0.1) is 0 Å². The molecule has 0 spiro atoms. The van der Waals surface area contributed by atoms with Crippen molar-refractivity contribution in [2.75, 3.05) is 6.54 Å². The lowest BCUT2D eigenvalue weighted by molar-refractivity contribution is 0.0951. The second-order valence-corrected chi connectivity index (χ2v) is 4.44. The summed E-state index contributed by atoms with van der Waals surface area (Å²) in [5.74, 6) is 0.184. The number of Topliss-reactive ketones (excluding diaryl/α,β-unsaturated/α-hetero) is 1. The number of ketones is 1. The minimum atomic E-state index is -0.0889. The van der Waals surface area contributed by atoms with E-state index in [0.717, 1.165) is 31.4 Å². The highest BCUT2D eigenvalue weighted by atomic mass is 16.1. The second-order valence-electron chi connectivity index (χ2n) is 4.44. The third-order valence-corrected chi connectivity index (χ3v) is 3.02. The van der Waals surface area contributed by atoms with Gasteiger partial charge in [-0.05, 0) is 31.9 Å². The second kappa shape index (κ2) is 7.23. The maximum absolute atomic E-state index is 12.1. The predicted molar refractivity (Wildman–Crippen MR) is 72.5 cm³/mol. The van der Waals surface area contributed by atoms with Crippen molar-refractivity contribution >= 4 is 5.78 Å². The van der Waals surface area contributed by atoms with Crippen LogP contribution in [0.5, 0.6) is 0 Å². The Hall–Kier alpha value is -1.15. The van der Waals surface area contributed by atoms with E-state index < -0.39 is 0 Å². The largest absolute Gasteiger partial charge is 0.307 e. The molecule has 0 saturated carbocycles. The number of unbranched alkanes of at least 4 members (excludes halogenated alkanes) is 1.